The van der Waals surface area contributed by atoms with E-state index in [1.54, 1.807) is 24.4 Å². The van der Waals surface area contributed by atoms with Crippen LogP contribution in [0.1, 0.15) is 5.82 Å². The number of imidazole rings is 1. The Morgan fingerprint density at radius 3 is 2.68 bits per heavy atom. The highest BCUT2D eigenvalue weighted by Crippen LogP contribution is 2.25. The summed E-state index contributed by atoms with van der Waals surface area (Å²) < 4.78 is 37.8. The van der Waals surface area contributed by atoms with Crippen LogP contribution < -0.4 is 0 Å². The molecule has 1 saturated heterocycles. The molecule has 0 aliphatic carbocycles. The minimum atomic E-state index is -3.56. The second-order valence-electron chi connectivity index (χ2n) is 6.02. The van der Waals surface area contributed by atoms with Crippen molar-refractivity contribution in [1.82, 2.24) is 27.5 Å². The Morgan fingerprint density at radius 1 is 1.16 bits per heavy atom. The largest absolute Gasteiger partial charge is 0.337 e. The number of rotatable bonds is 4. The summed E-state index contributed by atoms with van der Waals surface area (Å²) in [5.74, 6) is 0.981. The fourth-order valence-corrected chi connectivity index (χ4v) is 5.18. The lowest BCUT2D eigenvalue weighted by Gasteiger charge is -2.33. The van der Waals surface area contributed by atoms with Crippen LogP contribution in [0.2, 0.25) is 0 Å². The fourth-order valence-electron chi connectivity index (χ4n) is 3.01. The number of hydrogen-bond acceptors (Lipinski definition) is 7. The van der Waals surface area contributed by atoms with Crippen LogP contribution in [-0.2, 0) is 23.6 Å². The topological polar surface area (TPSA) is 84.2 Å². The molecule has 10 heteroatoms. The highest BCUT2D eigenvalue weighted by molar-refractivity contribution is 7.89. The van der Waals surface area contributed by atoms with Gasteiger partial charge in [0.1, 0.15) is 21.8 Å². The molecular formula is C15H18N6O2S2. The van der Waals surface area contributed by atoms with Gasteiger partial charge in [0, 0.05) is 45.6 Å². The van der Waals surface area contributed by atoms with E-state index >= 15 is 0 Å². The van der Waals surface area contributed by atoms with E-state index in [1.165, 1.54) is 4.31 Å². The van der Waals surface area contributed by atoms with Gasteiger partial charge < -0.3 is 4.57 Å². The first-order valence-electron chi connectivity index (χ1n) is 7.96. The maximum atomic E-state index is 13.0. The van der Waals surface area contributed by atoms with Crippen molar-refractivity contribution in [3.8, 4) is 0 Å². The Kier molecular flexibility index (Phi) is 4.28. The highest BCUT2D eigenvalue weighted by Gasteiger charge is 2.30. The van der Waals surface area contributed by atoms with Crippen LogP contribution >= 0.6 is 11.7 Å². The van der Waals surface area contributed by atoms with Crippen LogP contribution in [0.3, 0.4) is 0 Å². The molecule has 0 N–H and O–H groups in total. The van der Waals surface area contributed by atoms with Crippen LogP contribution in [0.5, 0.6) is 0 Å². The molecule has 25 heavy (non-hydrogen) atoms. The average molecular weight is 378 g/mol. The van der Waals surface area contributed by atoms with Gasteiger partial charge in [-0.1, -0.05) is 6.07 Å². The smallest absolute Gasteiger partial charge is 0.245 e. The fraction of sp³-hybridized carbons (Fsp3) is 0.400. The van der Waals surface area contributed by atoms with Crippen molar-refractivity contribution in [2.45, 2.75) is 11.4 Å². The predicted molar refractivity (Wildman–Crippen MR) is 94.7 cm³/mol. The molecule has 0 amide bonds. The number of piperazine rings is 1. The molecule has 0 atom stereocenters. The number of benzene rings is 1. The SMILES string of the molecule is Cn1ccnc1CN1CCN(S(=O)(=O)c2cccc3nsnc23)CC1. The number of sulfonamides is 1. The van der Waals surface area contributed by atoms with Crippen LogP contribution in [0.15, 0.2) is 35.5 Å². The Balaban J connectivity index is 1.50. The second-order valence-corrected chi connectivity index (χ2v) is 8.46. The van der Waals surface area contributed by atoms with Crippen molar-refractivity contribution in [3.05, 3.63) is 36.4 Å². The first kappa shape index (κ1) is 16.6. The Morgan fingerprint density at radius 2 is 1.96 bits per heavy atom. The summed E-state index contributed by atoms with van der Waals surface area (Å²) in [4.78, 5) is 6.80. The lowest BCUT2D eigenvalue weighted by molar-refractivity contribution is 0.177. The minimum Gasteiger partial charge on any atom is -0.337 e. The van der Waals surface area contributed by atoms with E-state index in [-0.39, 0.29) is 4.90 Å². The first-order chi connectivity index (χ1) is 12.1. The lowest BCUT2D eigenvalue weighted by atomic mass is 10.3. The van der Waals surface area contributed by atoms with E-state index in [0.717, 1.165) is 24.1 Å². The van der Waals surface area contributed by atoms with Crippen molar-refractivity contribution >= 4 is 32.8 Å². The van der Waals surface area contributed by atoms with Crippen LogP contribution in [0.4, 0.5) is 0 Å². The standard InChI is InChI=1S/C15H18N6O2S2/c1-19-6-5-16-14(19)11-20-7-9-21(10-8-20)25(22,23)13-4-2-3-12-15(13)18-24-17-12/h2-6H,7-11H2,1H3. The van der Waals surface area contributed by atoms with Gasteiger partial charge in [0.25, 0.3) is 0 Å². The van der Waals surface area contributed by atoms with E-state index in [0.29, 0.717) is 37.2 Å². The molecule has 0 unspecified atom stereocenters. The summed E-state index contributed by atoms with van der Waals surface area (Å²) >= 11 is 1.03. The third-order valence-electron chi connectivity index (χ3n) is 4.48. The molecule has 1 aliphatic heterocycles. The first-order valence-corrected chi connectivity index (χ1v) is 10.1. The summed E-state index contributed by atoms with van der Waals surface area (Å²) in [5.41, 5.74) is 1.09. The quantitative estimate of drug-likeness (QED) is 0.672. The molecule has 3 heterocycles. The van der Waals surface area contributed by atoms with Crippen molar-refractivity contribution in [1.29, 1.82) is 0 Å². The molecular weight excluding hydrogens is 360 g/mol. The average Bonchev–Trinajstić information content (AvgIpc) is 3.24. The second kappa shape index (κ2) is 6.45. The maximum absolute atomic E-state index is 13.0. The Bertz CT molecular complexity index is 988. The lowest BCUT2D eigenvalue weighted by Crippen LogP contribution is -2.48. The summed E-state index contributed by atoms with van der Waals surface area (Å²) in [6.45, 7) is 3.00. The van der Waals surface area contributed by atoms with Gasteiger partial charge in [0.15, 0.2) is 0 Å². The Labute approximate surface area is 150 Å². The van der Waals surface area contributed by atoms with Crippen molar-refractivity contribution < 1.29 is 8.42 Å². The molecule has 1 aliphatic rings. The van der Waals surface area contributed by atoms with Gasteiger partial charge in [-0.2, -0.15) is 13.1 Å². The summed E-state index contributed by atoms with van der Waals surface area (Å²) in [6, 6.07) is 5.11. The monoisotopic (exact) mass is 378 g/mol. The molecule has 2 aromatic heterocycles. The van der Waals surface area contributed by atoms with Gasteiger partial charge in [-0.3, -0.25) is 4.90 Å². The molecule has 1 aromatic carbocycles. The van der Waals surface area contributed by atoms with E-state index in [4.69, 9.17) is 0 Å². The third kappa shape index (κ3) is 3.06. The van der Waals surface area contributed by atoms with E-state index in [1.807, 2.05) is 17.8 Å². The van der Waals surface area contributed by atoms with Crippen LogP contribution in [0, 0.1) is 0 Å². The van der Waals surface area contributed by atoms with E-state index in [2.05, 4.69) is 18.6 Å². The minimum absolute atomic E-state index is 0.247. The predicted octanol–water partition coefficient (Wildman–Crippen LogP) is 0.931. The molecule has 0 saturated carbocycles. The van der Waals surface area contributed by atoms with Crippen LogP contribution in [0.25, 0.3) is 11.0 Å². The van der Waals surface area contributed by atoms with Gasteiger partial charge in [0.05, 0.1) is 18.3 Å². The maximum Gasteiger partial charge on any atom is 0.245 e. The van der Waals surface area contributed by atoms with Gasteiger partial charge >= 0.3 is 0 Å². The van der Waals surface area contributed by atoms with Crippen LogP contribution in [-0.4, -0.2) is 62.1 Å². The number of hydrogen-bond donors (Lipinski definition) is 0. The van der Waals surface area contributed by atoms with Gasteiger partial charge in [0.2, 0.25) is 10.0 Å². The highest BCUT2D eigenvalue weighted by atomic mass is 32.2. The molecule has 3 aromatic rings. The molecule has 132 valence electrons. The number of aryl methyl sites for hydroxylation is 1. The zero-order chi connectivity index (χ0) is 17.4. The molecule has 8 nitrogen and oxygen atoms in total. The molecule has 0 bridgehead atoms. The van der Waals surface area contributed by atoms with Crippen molar-refractivity contribution in [3.63, 3.8) is 0 Å². The summed E-state index contributed by atoms with van der Waals surface area (Å²) in [5, 5.41) is 0. The number of aromatic nitrogens is 4. The normalized spacial score (nSPS) is 17.3. The third-order valence-corrected chi connectivity index (χ3v) is 6.96. The molecule has 1 fully saturated rings. The Hall–Kier alpha value is -1.88. The van der Waals surface area contributed by atoms with E-state index < -0.39 is 10.0 Å². The van der Waals surface area contributed by atoms with Gasteiger partial charge in [-0.25, -0.2) is 13.4 Å². The summed E-state index contributed by atoms with van der Waals surface area (Å²) in [7, 11) is -1.60. The molecule has 0 spiro atoms. The molecule has 0 radical (unpaired) electrons. The van der Waals surface area contributed by atoms with Crippen molar-refractivity contribution in [2.24, 2.45) is 7.05 Å². The van der Waals surface area contributed by atoms with Crippen molar-refractivity contribution in [2.75, 3.05) is 26.2 Å². The zero-order valence-corrected chi connectivity index (χ0v) is 15.4. The number of nitrogens with zero attached hydrogens (tertiary/aromatic N) is 6. The molecule has 4 rings (SSSR count). The van der Waals surface area contributed by atoms with E-state index in [9.17, 15) is 8.42 Å². The summed E-state index contributed by atoms with van der Waals surface area (Å²) in [6.07, 6.45) is 3.69. The van der Waals surface area contributed by atoms with Gasteiger partial charge in [-0.05, 0) is 12.1 Å². The zero-order valence-electron chi connectivity index (χ0n) is 13.7. The van der Waals surface area contributed by atoms with Gasteiger partial charge in [-0.15, -0.1) is 0 Å². The number of fused-ring (bicyclic) bond motifs is 1.